The van der Waals surface area contributed by atoms with Gasteiger partial charge in [-0.25, -0.2) is 0 Å². The minimum Gasteiger partial charge on any atom is -0.351 e. The van der Waals surface area contributed by atoms with Gasteiger partial charge in [0.2, 0.25) is 5.76 Å². The highest BCUT2D eigenvalue weighted by Gasteiger charge is 2.16. The number of aryl methyl sites for hydroxylation is 1. The van der Waals surface area contributed by atoms with Crippen LogP contribution in [0.25, 0.3) is 0 Å². The Morgan fingerprint density at radius 1 is 1.42 bits per heavy atom. The van der Waals surface area contributed by atoms with Crippen molar-refractivity contribution in [2.24, 2.45) is 0 Å². The molecule has 0 aliphatic heterocycles. The van der Waals surface area contributed by atoms with Gasteiger partial charge in [0.25, 0.3) is 5.91 Å². The van der Waals surface area contributed by atoms with E-state index in [0.29, 0.717) is 6.54 Å². The topological polar surface area (TPSA) is 83.8 Å². The Hall–Kier alpha value is -2.11. The molecule has 0 spiro atoms. The van der Waals surface area contributed by atoms with Crippen molar-refractivity contribution in [3.63, 3.8) is 0 Å². The van der Waals surface area contributed by atoms with E-state index < -0.39 is 0 Å². The largest absolute Gasteiger partial charge is 0.351 e. The molecule has 100 valence electrons. The molecule has 19 heavy (non-hydrogen) atoms. The van der Waals surface area contributed by atoms with Gasteiger partial charge >= 0.3 is 0 Å². The lowest BCUT2D eigenvalue weighted by Crippen LogP contribution is -2.25. The summed E-state index contributed by atoms with van der Waals surface area (Å²) < 4.78 is 4.79. The molecule has 1 aliphatic rings. The number of hydrogen-bond donors (Lipinski definition) is 2. The zero-order valence-corrected chi connectivity index (χ0v) is 10.6. The van der Waals surface area contributed by atoms with Crippen LogP contribution in [0.2, 0.25) is 0 Å². The fraction of sp³-hybridized carbons (Fsp3) is 0.462. The van der Waals surface area contributed by atoms with E-state index in [2.05, 4.69) is 20.7 Å². The summed E-state index contributed by atoms with van der Waals surface area (Å²) in [6.45, 7) is 0.552. The maximum absolute atomic E-state index is 11.6. The molecule has 3 rings (SSSR count). The number of nitrogens with one attached hydrogen (secondary N) is 2. The average molecular weight is 260 g/mol. The van der Waals surface area contributed by atoms with Crippen molar-refractivity contribution in [1.82, 2.24) is 20.7 Å². The quantitative estimate of drug-likeness (QED) is 0.866. The van der Waals surface area contributed by atoms with Crippen LogP contribution in [0.15, 0.2) is 16.8 Å². The second-order valence-electron chi connectivity index (χ2n) is 4.72. The summed E-state index contributed by atoms with van der Waals surface area (Å²) in [5.41, 5.74) is 3.69. The number of rotatable bonds is 4. The van der Waals surface area contributed by atoms with Crippen LogP contribution in [-0.4, -0.2) is 27.8 Å². The highest BCUT2D eigenvalue weighted by atomic mass is 16.5. The number of carbonyl (C=O) groups is 1. The fourth-order valence-corrected chi connectivity index (χ4v) is 2.47. The van der Waals surface area contributed by atoms with Gasteiger partial charge in [-0.1, -0.05) is 5.16 Å². The van der Waals surface area contributed by atoms with E-state index in [4.69, 9.17) is 4.52 Å². The Morgan fingerprint density at radius 2 is 2.32 bits per heavy atom. The fourth-order valence-electron chi connectivity index (χ4n) is 2.47. The van der Waals surface area contributed by atoms with Crippen LogP contribution in [0.3, 0.4) is 0 Å². The van der Waals surface area contributed by atoms with Crippen molar-refractivity contribution in [3.05, 3.63) is 35.0 Å². The third kappa shape index (κ3) is 2.52. The summed E-state index contributed by atoms with van der Waals surface area (Å²) >= 11 is 0. The summed E-state index contributed by atoms with van der Waals surface area (Å²) in [5, 5.41) is 13.8. The molecule has 6 nitrogen and oxygen atoms in total. The van der Waals surface area contributed by atoms with E-state index >= 15 is 0 Å². The molecule has 1 aliphatic carbocycles. The second kappa shape index (κ2) is 5.26. The van der Waals surface area contributed by atoms with E-state index in [9.17, 15) is 4.79 Å². The van der Waals surface area contributed by atoms with Crippen molar-refractivity contribution in [3.8, 4) is 0 Å². The van der Waals surface area contributed by atoms with Crippen molar-refractivity contribution in [1.29, 1.82) is 0 Å². The molecular formula is C13H16N4O2. The van der Waals surface area contributed by atoms with Gasteiger partial charge in [-0.2, -0.15) is 5.10 Å². The number of aromatic nitrogens is 3. The molecule has 0 radical (unpaired) electrons. The van der Waals surface area contributed by atoms with Crippen LogP contribution < -0.4 is 5.32 Å². The lowest BCUT2D eigenvalue weighted by atomic mass is 9.95. The van der Waals surface area contributed by atoms with E-state index in [0.717, 1.165) is 25.0 Å². The van der Waals surface area contributed by atoms with Crippen LogP contribution in [-0.2, 0) is 19.3 Å². The van der Waals surface area contributed by atoms with Crippen molar-refractivity contribution in [2.45, 2.75) is 32.1 Å². The molecule has 0 bridgehead atoms. The summed E-state index contributed by atoms with van der Waals surface area (Å²) in [7, 11) is 0. The third-order valence-electron chi connectivity index (χ3n) is 3.45. The zero-order chi connectivity index (χ0) is 13.1. The first-order valence-electron chi connectivity index (χ1n) is 6.58. The smallest absolute Gasteiger partial charge is 0.289 e. The second-order valence-corrected chi connectivity index (χ2v) is 4.72. The van der Waals surface area contributed by atoms with Gasteiger partial charge < -0.3 is 9.84 Å². The van der Waals surface area contributed by atoms with E-state index in [1.54, 1.807) is 6.07 Å². The minimum atomic E-state index is -0.234. The van der Waals surface area contributed by atoms with E-state index in [1.165, 1.54) is 30.3 Å². The predicted molar refractivity (Wildman–Crippen MR) is 67.8 cm³/mol. The summed E-state index contributed by atoms with van der Waals surface area (Å²) in [6, 6.07) is 1.55. The maximum Gasteiger partial charge on any atom is 0.289 e. The molecule has 2 aromatic rings. The molecular weight excluding hydrogens is 244 g/mol. The molecule has 0 saturated heterocycles. The van der Waals surface area contributed by atoms with Gasteiger partial charge in [0.05, 0.1) is 11.9 Å². The van der Waals surface area contributed by atoms with Crippen LogP contribution >= 0.6 is 0 Å². The average Bonchev–Trinajstić information content (AvgIpc) is 3.08. The van der Waals surface area contributed by atoms with Gasteiger partial charge in [-0.15, -0.1) is 0 Å². The van der Waals surface area contributed by atoms with Crippen molar-refractivity contribution >= 4 is 5.91 Å². The van der Waals surface area contributed by atoms with Crippen molar-refractivity contribution in [2.75, 3.05) is 6.54 Å². The highest BCUT2D eigenvalue weighted by Crippen LogP contribution is 2.22. The Balaban J connectivity index is 1.55. The molecule has 1 amide bonds. The highest BCUT2D eigenvalue weighted by molar-refractivity contribution is 5.91. The molecule has 0 aromatic carbocycles. The maximum atomic E-state index is 11.6. The number of fused-ring (bicyclic) bond motifs is 1. The number of H-pyrrole nitrogens is 1. The molecule has 2 aromatic heterocycles. The van der Waals surface area contributed by atoms with Crippen molar-refractivity contribution < 1.29 is 9.32 Å². The lowest BCUT2D eigenvalue weighted by molar-refractivity contribution is 0.0917. The number of amides is 1. The Kier molecular flexibility index (Phi) is 3.31. The number of hydrogen-bond acceptors (Lipinski definition) is 4. The monoisotopic (exact) mass is 260 g/mol. The first-order chi connectivity index (χ1) is 9.34. The van der Waals surface area contributed by atoms with E-state index in [1.807, 2.05) is 0 Å². The van der Waals surface area contributed by atoms with Gasteiger partial charge in [0.1, 0.15) is 0 Å². The Bertz CT molecular complexity index is 559. The number of nitrogens with zero attached hydrogens (tertiary/aromatic N) is 2. The Morgan fingerprint density at radius 3 is 3.16 bits per heavy atom. The van der Waals surface area contributed by atoms with Crippen LogP contribution in [0.4, 0.5) is 0 Å². The number of carbonyl (C=O) groups excluding carboxylic acids is 1. The SMILES string of the molecule is O=C(NCCc1n[nH]c2c1CCCC2)c1ccno1. The molecule has 0 saturated carbocycles. The van der Waals surface area contributed by atoms with Crippen LogP contribution in [0, 0.1) is 0 Å². The standard InChI is InChI=1S/C13H16N4O2/c18-13(12-6-8-15-19-12)14-7-5-11-9-3-1-2-4-10(9)16-17-11/h6,8H,1-5,7H2,(H,14,18)(H,16,17). The summed E-state index contributed by atoms with van der Waals surface area (Å²) in [5.74, 6) is 0.00552. The number of aromatic amines is 1. The molecule has 2 heterocycles. The third-order valence-corrected chi connectivity index (χ3v) is 3.45. The van der Waals surface area contributed by atoms with Crippen LogP contribution in [0.1, 0.15) is 40.3 Å². The molecule has 0 atom stereocenters. The first kappa shape index (κ1) is 12.0. The minimum absolute atomic E-state index is 0.234. The normalized spacial score (nSPS) is 14.1. The van der Waals surface area contributed by atoms with Gasteiger partial charge in [-0.05, 0) is 31.2 Å². The molecule has 6 heteroatoms. The molecule has 2 N–H and O–H groups in total. The zero-order valence-electron chi connectivity index (χ0n) is 10.6. The van der Waals surface area contributed by atoms with E-state index in [-0.39, 0.29) is 11.7 Å². The van der Waals surface area contributed by atoms with Gasteiger partial charge in [0, 0.05) is 24.7 Å². The Labute approximate surface area is 110 Å². The lowest BCUT2D eigenvalue weighted by Gasteiger charge is -2.11. The molecule has 0 unspecified atom stereocenters. The van der Waals surface area contributed by atoms with Crippen LogP contribution in [0.5, 0.6) is 0 Å². The summed E-state index contributed by atoms with van der Waals surface area (Å²) in [4.78, 5) is 11.6. The first-order valence-corrected chi connectivity index (χ1v) is 6.58. The van der Waals surface area contributed by atoms with Gasteiger partial charge in [-0.3, -0.25) is 9.89 Å². The summed E-state index contributed by atoms with van der Waals surface area (Å²) in [6.07, 6.45) is 6.84. The predicted octanol–water partition coefficient (Wildman–Crippen LogP) is 1.25. The van der Waals surface area contributed by atoms with Gasteiger partial charge in [0.15, 0.2) is 0 Å². The molecule has 0 fully saturated rings.